The van der Waals surface area contributed by atoms with Crippen LogP contribution in [0.15, 0.2) is 39.9 Å². The molecule has 0 radical (unpaired) electrons. The number of anilines is 1. The maximum Gasteiger partial charge on any atom is 0.252 e. The Labute approximate surface area is 140 Å². The molecule has 0 atom stereocenters. The Morgan fingerprint density at radius 2 is 1.86 bits per heavy atom. The van der Waals surface area contributed by atoms with Crippen LogP contribution in [0.4, 0.5) is 5.69 Å². The van der Waals surface area contributed by atoms with E-state index in [0.717, 1.165) is 11.3 Å². The highest BCUT2D eigenvalue weighted by molar-refractivity contribution is 7.91. The lowest BCUT2D eigenvalue weighted by atomic mass is 10.1. The molecular weight excluding hydrogens is 340 g/mol. The summed E-state index contributed by atoms with van der Waals surface area (Å²) >= 11 is 7.34. The standard InChI is InChI=1S/C15H17ClN2O2S2/c1-12-4-5-13(16)11-14(12)17-6-8-18(9-7-17)22(19,20)15-3-2-10-21-15/h2-5,10-11H,6-9H2,1H3. The average molecular weight is 357 g/mol. The lowest BCUT2D eigenvalue weighted by molar-refractivity contribution is 0.385. The number of thiophene rings is 1. The largest absolute Gasteiger partial charge is 0.369 e. The van der Waals surface area contributed by atoms with Crippen molar-refractivity contribution in [3.63, 3.8) is 0 Å². The first-order valence-electron chi connectivity index (χ1n) is 7.03. The third kappa shape index (κ3) is 3.01. The fourth-order valence-electron chi connectivity index (χ4n) is 2.63. The molecule has 0 spiro atoms. The van der Waals surface area contributed by atoms with Crippen molar-refractivity contribution in [3.8, 4) is 0 Å². The van der Waals surface area contributed by atoms with Gasteiger partial charge in [0, 0.05) is 36.9 Å². The highest BCUT2D eigenvalue weighted by atomic mass is 35.5. The van der Waals surface area contributed by atoms with E-state index in [4.69, 9.17) is 11.6 Å². The van der Waals surface area contributed by atoms with Crippen LogP contribution >= 0.6 is 22.9 Å². The Morgan fingerprint density at radius 1 is 1.14 bits per heavy atom. The van der Waals surface area contributed by atoms with E-state index < -0.39 is 10.0 Å². The third-order valence-corrected chi connectivity index (χ3v) is 7.35. The van der Waals surface area contributed by atoms with E-state index in [2.05, 4.69) is 4.90 Å². The molecule has 0 unspecified atom stereocenters. The predicted molar refractivity (Wildman–Crippen MR) is 91.5 cm³/mol. The minimum atomic E-state index is -3.34. The molecule has 0 saturated carbocycles. The molecule has 0 bridgehead atoms. The van der Waals surface area contributed by atoms with E-state index in [-0.39, 0.29) is 0 Å². The molecule has 7 heteroatoms. The van der Waals surface area contributed by atoms with E-state index in [1.807, 2.05) is 25.1 Å². The molecule has 2 aromatic rings. The quantitative estimate of drug-likeness (QED) is 0.847. The van der Waals surface area contributed by atoms with Gasteiger partial charge in [-0.25, -0.2) is 8.42 Å². The molecule has 4 nitrogen and oxygen atoms in total. The molecular formula is C15H17ClN2O2S2. The van der Waals surface area contributed by atoms with Gasteiger partial charge in [0.25, 0.3) is 10.0 Å². The van der Waals surface area contributed by atoms with Crippen molar-refractivity contribution < 1.29 is 8.42 Å². The van der Waals surface area contributed by atoms with Crippen LogP contribution in [0.3, 0.4) is 0 Å². The van der Waals surface area contributed by atoms with Gasteiger partial charge in [-0.15, -0.1) is 11.3 Å². The summed E-state index contributed by atoms with van der Waals surface area (Å²) in [5.74, 6) is 0. The predicted octanol–water partition coefficient (Wildman–Crippen LogP) is 3.22. The van der Waals surface area contributed by atoms with E-state index in [1.165, 1.54) is 11.3 Å². The zero-order valence-electron chi connectivity index (χ0n) is 12.2. The number of nitrogens with zero attached hydrogens (tertiary/aromatic N) is 2. The van der Waals surface area contributed by atoms with Gasteiger partial charge < -0.3 is 4.90 Å². The van der Waals surface area contributed by atoms with Crippen LogP contribution in [-0.2, 0) is 10.0 Å². The molecule has 1 aliphatic heterocycles. The zero-order valence-corrected chi connectivity index (χ0v) is 14.6. The number of sulfonamides is 1. The molecule has 1 saturated heterocycles. The van der Waals surface area contributed by atoms with Crippen LogP contribution in [0.2, 0.25) is 5.02 Å². The van der Waals surface area contributed by atoms with Crippen molar-refractivity contribution in [2.24, 2.45) is 0 Å². The van der Waals surface area contributed by atoms with Crippen molar-refractivity contribution in [3.05, 3.63) is 46.3 Å². The van der Waals surface area contributed by atoms with E-state index in [9.17, 15) is 8.42 Å². The van der Waals surface area contributed by atoms with Gasteiger partial charge in [-0.2, -0.15) is 4.31 Å². The van der Waals surface area contributed by atoms with Gasteiger partial charge in [0.15, 0.2) is 0 Å². The summed E-state index contributed by atoms with van der Waals surface area (Å²) in [5, 5.41) is 2.49. The van der Waals surface area contributed by atoms with Gasteiger partial charge in [-0.3, -0.25) is 0 Å². The number of hydrogen-bond acceptors (Lipinski definition) is 4. The van der Waals surface area contributed by atoms with Crippen molar-refractivity contribution in [2.75, 3.05) is 31.1 Å². The molecule has 3 rings (SSSR count). The van der Waals surface area contributed by atoms with Gasteiger partial charge in [0.1, 0.15) is 4.21 Å². The second-order valence-electron chi connectivity index (χ2n) is 5.25. The highest BCUT2D eigenvalue weighted by Gasteiger charge is 2.29. The summed E-state index contributed by atoms with van der Waals surface area (Å²) in [5.41, 5.74) is 2.24. The van der Waals surface area contributed by atoms with Crippen molar-refractivity contribution >= 4 is 38.6 Å². The Hall–Kier alpha value is -1.08. The van der Waals surface area contributed by atoms with Gasteiger partial charge in [-0.1, -0.05) is 23.7 Å². The van der Waals surface area contributed by atoms with Crippen LogP contribution in [0.5, 0.6) is 0 Å². The first kappa shape index (κ1) is 15.8. The summed E-state index contributed by atoms with van der Waals surface area (Å²) in [6.45, 7) is 4.37. The summed E-state index contributed by atoms with van der Waals surface area (Å²) in [4.78, 5) is 2.20. The maximum atomic E-state index is 12.5. The molecule has 2 heterocycles. The molecule has 0 amide bonds. The Bertz CT molecular complexity index is 752. The normalized spacial score (nSPS) is 16.9. The molecule has 0 N–H and O–H groups in total. The van der Waals surface area contributed by atoms with Crippen LogP contribution in [0, 0.1) is 6.92 Å². The fraction of sp³-hybridized carbons (Fsp3) is 0.333. The molecule has 118 valence electrons. The Kier molecular flexibility index (Phi) is 4.45. The van der Waals surface area contributed by atoms with Crippen molar-refractivity contribution in [2.45, 2.75) is 11.1 Å². The highest BCUT2D eigenvalue weighted by Crippen LogP contribution is 2.27. The number of rotatable bonds is 3. The minimum absolute atomic E-state index is 0.417. The molecule has 0 aliphatic carbocycles. The average Bonchev–Trinajstić information content (AvgIpc) is 3.05. The lowest BCUT2D eigenvalue weighted by Gasteiger charge is -2.36. The second-order valence-corrected chi connectivity index (χ2v) is 8.80. The topological polar surface area (TPSA) is 40.6 Å². The SMILES string of the molecule is Cc1ccc(Cl)cc1N1CCN(S(=O)(=O)c2cccs2)CC1. The molecule has 22 heavy (non-hydrogen) atoms. The van der Waals surface area contributed by atoms with Gasteiger partial charge in [0.2, 0.25) is 0 Å². The second kappa shape index (κ2) is 6.20. The van der Waals surface area contributed by atoms with E-state index in [0.29, 0.717) is 35.4 Å². The summed E-state index contributed by atoms with van der Waals surface area (Å²) in [6.07, 6.45) is 0. The van der Waals surface area contributed by atoms with E-state index in [1.54, 1.807) is 21.8 Å². The first-order valence-corrected chi connectivity index (χ1v) is 9.73. The Morgan fingerprint density at radius 3 is 2.50 bits per heavy atom. The van der Waals surface area contributed by atoms with Crippen LogP contribution in [-0.4, -0.2) is 38.9 Å². The van der Waals surface area contributed by atoms with Crippen molar-refractivity contribution in [1.29, 1.82) is 0 Å². The molecule has 1 aromatic heterocycles. The summed E-state index contributed by atoms with van der Waals surface area (Å²) < 4.78 is 27.0. The van der Waals surface area contributed by atoms with Gasteiger partial charge in [-0.05, 0) is 36.1 Å². The number of aryl methyl sites for hydroxylation is 1. The van der Waals surface area contributed by atoms with Gasteiger partial charge in [0.05, 0.1) is 0 Å². The smallest absolute Gasteiger partial charge is 0.252 e. The monoisotopic (exact) mass is 356 g/mol. The molecule has 1 fully saturated rings. The number of piperazine rings is 1. The van der Waals surface area contributed by atoms with Crippen LogP contribution < -0.4 is 4.90 Å². The molecule has 1 aliphatic rings. The van der Waals surface area contributed by atoms with Crippen LogP contribution in [0.1, 0.15) is 5.56 Å². The maximum absolute atomic E-state index is 12.5. The lowest BCUT2D eigenvalue weighted by Crippen LogP contribution is -2.48. The number of benzene rings is 1. The minimum Gasteiger partial charge on any atom is -0.369 e. The first-order chi connectivity index (χ1) is 10.5. The van der Waals surface area contributed by atoms with Gasteiger partial charge >= 0.3 is 0 Å². The van der Waals surface area contributed by atoms with Crippen molar-refractivity contribution in [1.82, 2.24) is 4.31 Å². The number of halogens is 1. The third-order valence-electron chi connectivity index (χ3n) is 3.84. The summed E-state index contributed by atoms with van der Waals surface area (Å²) in [7, 11) is -3.34. The number of hydrogen-bond donors (Lipinski definition) is 0. The zero-order chi connectivity index (χ0) is 15.7. The molecule has 1 aromatic carbocycles. The summed E-state index contributed by atoms with van der Waals surface area (Å²) in [6, 6.07) is 9.24. The van der Waals surface area contributed by atoms with E-state index >= 15 is 0 Å². The van der Waals surface area contributed by atoms with Crippen LogP contribution in [0.25, 0.3) is 0 Å². The fourth-order valence-corrected chi connectivity index (χ4v) is 5.36. The Balaban J connectivity index is 1.74.